The normalized spacial score (nSPS) is 11.1. The van der Waals surface area contributed by atoms with E-state index in [0.29, 0.717) is 28.3 Å². The van der Waals surface area contributed by atoms with E-state index in [2.05, 4.69) is 11.4 Å². The zero-order valence-electron chi connectivity index (χ0n) is 17.0. The molecule has 3 rings (SSSR count). The fourth-order valence-corrected chi connectivity index (χ4v) is 3.11. The van der Waals surface area contributed by atoms with Crippen molar-refractivity contribution in [1.82, 2.24) is 0 Å². The minimum absolute atomic E-state index is 0.435. The predicted octanol–water partition coefficient (Wildman–Crippen LogP) is 4.92. The first-order valence-corrected chi connectivity index (χ1v) is 9.31. The molecule has 1 unspecified atom stereocenters. The number of nitriles is 1. The van der Waals surface area contributed by atoms with Crippen LogP contribution in [-0.4, -0.2) is 20.2 Å². The summed E-state index contributed by atoms with van der Waals surface area (Å²) in [5.41, 5.74) is 3.72. The molecule has 0 aliphatic carbocycles. The first-order chi connectivity index (χ1) is 14.5. The molecule has 0 aromatic heterocycles. The number of nitrogens with zero attached hydrogens (tertiary/aromatic N) is 1. The Labute approximate surface area is 175 Å². The van der Waals surface area contributed by atoms with Gasteiger partial charge in [0.25, 0.3) is 0 Å². The highest BCUT2D eigenvalue weighted by molar-refractivity contribution is 5.74. The molecule has 30 heavy (non-hydrogen) atoms. The molecule has 1 N–H and O–H groups in total. The lowest BCUT2D eigenvalue weighted by atomic mass is 9.97. The maximum absolute atomic E-state index is 11.9. The van der Waals surface area contributed by atoms with E-state index in [9.17, 15) is 4.79 Å². The van der Waals surface area contributed by atoms with E-state index in [1.807, 2.05) is 36.4 Å². The van der Waals surface area contributed by atoms with Gasteiger partial charge in [-0.15, -0.1) is 0 Å². The molecule has 3 aromatic carbocycles. The first-order valence-electron chi connectivity index (χ1n) is 9.31. The van der Waals surface area contributed by atoms with Gasteiger partial charge in [-0.25, -0.2) is 0 Å². The summed E-state index contributed by atoms with van der Waals surface area (Å²) in [5.74, 6) is 0.654. The summed E-state index contributed by atoms with van der Waals surface area (Å²) < 4.78 is 16.6. The van der Waals surface area contributed by atoms with Crippen LogP contribution in [0.4, 0.5) is 5.69 Å². The van der Waals surface area contributed by atoms with Crippen molar-refractivity contribution >= 4 is 11.7 Å². The third kappa shape index (κ3) is 4.70. The van der Waals surface area contributed by atoms with Crippen LogP contribution >= 0.6 is 0 Å². The van der Waals surface area contributed by atoms with Crippen LogP contribution in [0, 0.1) is 11.3 Å². The molecular weight excluding hydrogens is 380 g/mol. The zero-order chi connectivity index (χ0) is 21.5. The number of anilines is 1. The molecule has 6 nitrogen and oxygen atoms in total. The molecule has 0 bridgehead atoms. The average Bonchev–Trinajstić information content (AvgIpc) is 2.78. The SMILES string of the molecule is COc1cc(-c2ccccc2)c(C(Nc2ccc(C#N)cc2)OC(C)=O)cc1OC. The molecular formula is C24H22N2O4. The highest BCUT2D eigenvalue weighted by atomic mass is 16.6. The number of esters is 1. The molecule has 0 radical (unpaired) electrons. The summed E-state index contributed by atoms with van der Waals surface area (Å²) in [6.45, 7) is 1.36. The molecule has 0 aliphatic rings. The van der Waals surface area contributed by atoms with E-state index in [0.717, 1.165) is 11.1 Å². The topological polar surface area (TPSA) is 80.6 Å². The number of nitrogens with one attached hydrogen (secondary N) is 1. The van der Waals surface area contributed by atoms with Crippen LogP contribution < -0.4 is 14.8 Å². The fraction of sp³-hybridized carbons (Fsp3) is 0.167. The van der Waals surface area contributed by atoms with Crippen molar-refractivity contribution in [1.29, 1.82) is 5.26 Å². The third-order valence-electron chi connectivity index (χ3n) is 4.52. The van der Waals surface area contributed by atoms with Gasteiger partial charge in [0.05, 0.1) is 25.9 Å². The van der Waals surface area contributed by atoms with Gasteiger partial charge in [-0.2, -0.15) is 5.26 Å². The number of ether oxygens (including phenoxy) is 3. The Kier molecular flexibility index (Phi) is 6.56. The van der Waals surface area contributed by atoms with Crippen molar-refractivity contribution < 1.29 is 19.0 Å². The van der Waals surface area contributed by atoms with Crippen molar-refractivity contribution in [3.05, 3.63) is 77.9 Å². The first kappa shape index (κ1) is 20.7. The number of benzene rings is 3. The van der Waals surface area contributed by atoms with Crippen LogP contribution in [0.3, 0.4) is 0 Å². The van der Waals surface area contributed by atoms with Crippen molar-refractivity contribution in [2.24, 2.45) is 0 Å². The molecule has 0 fully saturated rings. The Bertz CT molecular complexity index is 1060. The summed E-state index contributed by atoms with van der Waals surface area (Å²) in [5, 5.41) is 12.2. The van der Waals surface area contributed by atoms with Gasteiger partial charge in [0.2, 0.25) is 0 Å². The highest BCUT2D eigenvalue weighted by Gasteiger charge is 2.22. The summed E-state index contributed by atoms with van der Waals surface area (Å²) in [7, 11) is 3.13. The Morgan fingerprint density at radius 1 is 0.967 bits per heavy atom. The Balaban J connectivity index is 2.12. The average molecular weight is 402 g/mol. The van der Waals surface area contributed by atoms with Crippen LogP contribution in [0.25, 0.3) is 11.1 Å². The summed E-state index contributed by atoms with van der Waals surface area (Å²) in [4.78, 5) is 11.9. The third-order valence-corrected chi connectivity index (χ3v) is 4.52. The lowest BCUT2D eigenvalue weighted by molar-refractivity contribution is -0.145. The monoisotopic (exact) mass is 402 g/mol. The van der Waals surface area contributed by atoms with Gasteiger partial charge < -0.3 is 19.5 Å². The number of hydrogen-bond donors (Lipinski definition) is 1. The minimum Gasteiger partial charge on any atom is -0.493 e. The smallest absolute Gasteiger partial charge is 0.304 e. The Morgan fingerprint density at radius 3 is 2.17 bits per heavy atom. The van der Waals surface area contributed by atoms with Crippen LogP contribution in [0.2, 0.25) is 0 Å². The Hall–Kier alpha value is -3.98. The number of methoxy groups -OCH3 is 2. The quantitative estimate of drug-likeness (QED) is 0.446. The lowest BCUT2D eigenvalue weighted by Crippen LogP contribution is -2.18. The van der Waals surface area contributed by atoms with Crippen LogP contribution in [0.1, 0.15) is 24.3 Å². The predicted molar refractivity (Wildman–Crippen MR) is 114 cm³/mol. The summed E-state index contributed by atoms with van der Waals surface area (Å²) in [6.07, 6.45) is -0.787. The zero-order valence-corrected chi connectivity index (χ0v) is 17.0. The molecule has 152 valence electrons. The van der Waals surface area contributed by atoms with E-state index in [-0.39, 0.29) is 0 Å². The van der Waals surface area contributed by atoms with E-state index >= 15 is 0 Å². The van der Waals surface area contributed by atoms with E-state index < -0.39 is 12.2 Å². The van der Waals surface area contributed by atoms with Gasteiger partial charge >= 0.3 is 5.97 Å². The van der Waals surface area contributed by atoms with Crippen molar-refractivity contribution in [3.63, 3.8) is 0 Å². The highest BCUT2D eigenvalue weighted by Crippen LogP contribution is 2.39. The standard InChI is InChI=1S/C24H22N2O4/c1-16(27)30-24(26-19-11-9-17(15-25)10-12-19)21-14-23(29-3)22(28-2)13-20(21)18-7-5-4-6-8-18/h4-14,24,26H,1-3H3. The molecule has 1 atom stereocenters. The van der Waals surface area contributed by atoms with Crippen molar-refractivity contribution in [2.45, 2.75) is 13.2 Å². The maximum atomic E-state index is 11.9. The van der Waals surface area contributed by atoms with Crippen LogP contribution in [-0.2, 0) is 9.53 Å². The van der Waals surface area contributed by atoms with Gasteiger partial charge in [-0.3, -0.25) is 4.79 Å². The fourth-order valence-electron chi connectivity index (χ4n) is 3.11. The molecule has 0 saturated heterocycles. The molecule has 6 heteroatoms. The number of carbonyl (C=O) groups is 1. The number of rotatable bonds is 7. The minimum atomic E-state index is -0.787. The summed E-state index contributed by atoms with van der Waals surface area (Å²) in [6, 6.07) is 22.4. The lowest BCUT2D eigenvalue weighted by Gasteiger charge is -2.24. The van der Waals surface area contributed by atoms with E-state index in [1.165, 1.54) is 6.92 Å². The molecule has 0 aliphatic heterocycles. The van der Waals surface area contributed by atoms with Crippen LogP contribution in [0.15, 0.2) is 66.7 Å². The van der Waals surface area contributed by atoms with Gasteiger partial charge in [-0.1, -0.05) is 30.3 Å². The van der Waals surface area contributed by atoms with Crippen molar-refractivity contribution in [2.75, 3.05) is 19.5 Å². The number of hydrogen-bond acceptors (Lipinski definition) is 6. The molecule has 3 aromatic rings. The largest absolute Gasteiger partial charge is 0.493 e. The molecule has 0 spiro atoms. The van der Waals surface area contributed by atoms with Gasteiger partial charge in [0, 0.05) is 18.2 Å². The van der Waals surface area contributed by atoms with Crippen LogP contribution in [0.5, 0.6) is 11.5 Å². The summed E-state index contributed by atoms with van der Waals surface area (Å²) >= 11 is 0. The maximum Gasteiger partial charge on any atom is 0.304 e. The van der Waals surface area contributed by atoms with E-state index in [1.54, 1.807) is 44.6 Å². The van der Waals surface area contributed by atoms with Gasteiger partial charge in [0.15, 0.2) is 17.7 Å². The second-order valence-electron chi connectivity index (χ2n) is 6.48. The molecule has 0 heterocycles. The van der Waals surface area contributed by atoms with Crippen molar-refractivity contribution in [3.8, 4) is 28.7 Å². The van der Waals surface area contributed by atoms with Gasteiger partial charge in [-0.05, 0) is 47.5 Å². The molecule has 0 saturated carbocycles. The van der Waals surface area contributed by atoms with E-state index in [4.69, 9.17) is 19.5 Å². The van der Waals surface area contributed by atoms with Gasteiger partial charge in [0.1, 0.15) is 0 Å². The number of carbonyl (C=O) groups excluding carboxylic acids is 1. The second-order valence-corrected chi connectivity index (χ2v) is 6.48. The second kappa shape index (κ2) is 9.48. The molecule has 0 amide bonds. The Morgan fingerprint density at radius 2 is 1.60 bits per heavy atom.